The zero-order valence-electron chi connectivity index (χ0n) is 9.70. The van der Waals surface area contributed by atoms with Gasteiger partial charge in [0, 0.05) is 18.7 Å². The first-order valence-electron chi connectivity index (χ1n) is 5.19. The molecule has 0 saturated heterocycles. The highest BCUT2D eigenvalue weighted by atomic mass is 16.6. The van der Waals surface area contributed by atoms with Crippen LogP contribution in [-0.2, 0) is 17.8 Å². The second-order valence-corrected chi connectivity index (χ2v) is 4.81. The Kier molecular flexibility index (Phi) is 2.38. The van der Waals surface area contributed by atoms with E-state index in [-0.39, 0.29) is 0 Å². The molecule has 0 amide bonds. The minimum absolute atomic E-state index is 0.394. The van der Waals surface area contributed by atoms with Gasteiger partial charge in [0.05, 0.1) is 5.69 Å². The number of nitrogens with one attached hydrogen (secondary N) is 1. The van der Waals surface area contributed by atoms with E-state index in [1.165, 1.54) is 4.68 Å². The number of hydrogen-bond acceptors (Lipinski definition) is 5. The number of ether oxygens (including phenoxy) is 1. The van der Waals surface area contributed by atoms with Crippen molar-refractivity contribution >= 4 is 11.9 Å². The summed E-state index contributed by atoms with van der Waals surface area (Å²) in [7, 11) is 0. The van der Waals surface area contributed by atoms with Crippen molar-refractivity contribution in [2.45, 2.75) is 39.5 Å². The Balaban J connectivity index is 2.28. The SMILES string of the molecule is CC(C)(C)OC(=O)n1nc(N)c2c1CNC2. The van der Waals surface area contributed by atoms with Crippen LogP contribution in [0.2, 0.25) is 0 Å². The molecule has 0 spiro atoms. The van der Waals surface area contributed by atoms with Crippen molar-refractivity contribution in [2.24, 2.45) is 0 Å². The number of aromatic nitrogens is 2. The summed E-state index contributed by atoms with van der Waals surface area (Å²) in [6.07, 6.45) is -0.482. The van der Waals surface area contributed by atoms with Crippen LogP contribution in [0.25, 0.3) is 0 Å². The van der Waals surface area contributed by atoms with E-state index in [2.05, 4.69) is 10.4 Å². The van der Waals surface area contributed by atoms with Gasteiger partial charge < -0.3 is 15.8 Å². The molecule has 0 fully saturated rings. The van der Waals surface area contributed by atoms with Crippen LogP contribution in [0.5, 0.6) is 0 Å². The summed E-state index contributed by atoms with van der Waals surface area (Å²) in [6.45, 7) is 6.70. The largest absolute Gasteiger partial charge is 0.442 e. The molecule has 1 aliphatic rings. The summed E-state index contributed by atoms with van der Waals surface area (Å²) in [5.74, 6) is 0.394. The smallest absolute Gasteiger partial charge is 0.435 e. The Bertz CT molecular complexity index is 431. The fraction of sp³-hybridized carbons (Fsp3) is 0.600. The van der Waals surface area contributed by atoms with Gasteiger partial charge in [0.15, 0.2) is 5.82 Å². The number of carbonyl (C=O) groups excluding carboxylic acids is 1. The molecule has 0 bridgehead atoms. The average molecular weight is 224 g/mol. The van der Waals surface area contributed by atoms with Gasteiger partial charge >= 0.3 is 6.09 Å². The van der Waals surface area contributed by atoms with Gasteiger partial charge in [-0.3, -0.25) is 0 Å². The monoisotopic (exact) mass is 224 g/mol. The van der Waals surface area contributed by atoms with E-state index in [1.807, 2.05) is 20.8 Å². The third kappa shape index (κ3) is 1.88. The topological polar surface area (TPSA) is 82.2 Å². The van der Waals surface area contributed by atoms with Crippen LogP contribution in [0.4, 0.5) is 10.6 Å². The Morgan fingerprint density at radius 3 is 2.81 bits per heavy atom. The summed E-state index contributed by atoms with van der Waals surface area (Å²) >= 11 is 0. The Morgan fingerprint density at radius 1 is 1.50 bits per heavy atom. The predicted octanol–water partition coefficient (Wildman–Crippen LogP) is 0.852. The number of nitrogen functional groups attached to an aromatic ring is 1. The highest BCUT2D eigenvalue weighted by molar-refractivity contribution is 5.72. The molecule has 2 heterocycles. The van der Waals surface area contributed by atoms with E-state index >= 15 is 0 Å². The van der Waals surface area contributed by atoms with Crippen LogP contribution in [0.3, 0.4) is 0 Å². The second-order valence-electron chi connectivity index (χ2n) is 4.81. The van der Waals surface area contributed by atoms with Crippen molar-refractivity contribution < 1.29 is 9.53 Å². The van der Waals surface area contributed by atoms with Gasteiger partial charge in [0.1, 0.15) is 5.60 Å². The van der Waals surface area contributed by atoms with E-state index < -0.39 is 11.7 Å². The maximum atomic E-state index is 11.8. The number of nitrogens with zero attached hydrogens (tertiary/aromatic N) is 2. The molecule has 0 unspecified atom stereocenters. The van der Waals surface area contributed by atoms with E-state index in [4.69, 9.17) is 10.5 Å². The van der Waals surface area contributed by atoms with Crippen molar-refractivity contribution in [2.75, 3.05) is 5.73 Å². The van der Waals surface area contributed by atoms with Gasteiger partial charge in [-0.2, -0.15) is 4.68 Å². The molecule has 0 saturated carbocycles. The molecule has 1 aliphatic heterocycles. The average Bonchev–Trinajstić information content (AvgIpc) is 2.66. The lowest BCUT2D eigenvalue weighted by atomic mass is 10.2. The van der Waals surface area contributed by atoms with Gasteiger partial charge in [0.2, 0.25) is 0 Å². The van der Waals surface area contributed by atoms with Crippen LogP contribution in [0, 0.1) is 0 Å². The predicted molar refractivity (Wildman–Crippen MR) is 58.8 cm³/mol. The summed E-state index contributed by atoms with van der Waals surface area (Å²) < 4.78 is 6.49. The second kappa shape index (κ2) is 3.48. The van der Waals surface area contributed by atoms with Crippen LogP contribution >= 0.6 is 0 Å². The molecule has 0 aromatic carbocycles. The molecule has 0 atom stereocenters. The minimum atomic E-state index is -0.531. The number of nitrogens with two attached hydrogens (primary N) is 1. The molecular formula is C10H16N4O2. The quantitative estimate of drug-likeness (QED) is 0.682. The molecule has 2 rings (SSSR count). The van der Waals surface area contributed by atoms with E-state index in [0.717, 1.165) is 11.3 Å². The van der Waals surface area contributed by atoms with Gasteiger partial charge in [0.25, 0.3) is 0 Å². The highest BCUT2D eigenvalue weighted by Gasteiger charge is 2.27. The standard InChI is InChI=1S/C10H16N4O2/c1-10(2,3)16-9(15)14-7-5-12-4-6(7)8(11)13-14/h12H,4-5H2,1-3H3,(H2,11,13). The Hall–Kier alpha value is -1.56. The summed E-state index contributed by atoms with van der Waals surface area (Å²) in [5, 5.41) is 7.11. The molecule has 0 radical (unpaired) electrons. The molecule has 0 aliphatic carbocycles. The molecule has 88 valence electrons. The van der Waals surface area contributed by atoms with Crippen LogP contribution in [0.15, 0.2) is 0 Å². The van der Waals surface area contributed by atoms with Crippen molar-refractivity contribution in [1.82, 2.24) is 15.1 Å². The van der Waals surface area contributed by atoms with Crippen LogP contribution < -0.4 is 11.1 Å². The van der Waals surface area contributed by atoms with Gasteiger partial charge in [-0.15, -0.1) is 5.10 Å². The zero-order chi connectivity index (χ0) is 11.9. The Morgan fingerprint density at radius 2 is 2.19 bits per heavy atom. The van der Waals surface area contributed by atoms with Crippen molar-refractivity contribution in [1.29, 1.82) is 0 Å². The lowest BCUT2D eigenvalue weighted by Crippen LogP contribution is -2.29. The first kappa shape index (κ1) is 10.9. The van der Waals surface area contributed by atoms with Crippen LogP contribution in [0.1, 0.15) is 32.0 Å². The third-order valence-electron chi connectivity index (χ3n) is 2.28. The van der Waals surface area contributed by atoms with Gasteiger partial charge in [-0.25, -0.2) is 4.79 Å². The van der Waals surface area contributed by atoms with E-state index in [1.54, 1.807) is 0 Å². The molecule has 1 aromatic heterocycles. The molecule has 3 N–H and O–H groups in total. The summed E-state index contributed by atoms with van der Waals surface area (Å²) in [5.41, 5.74) is 6.88. The fourth-order valence-corrected chi connectivity index (χ4v) is 1.64. The van der Waals surface area contributed by atoms with Crippen molar-refractivity contribution in [3.63, 3.8) is 0 Å². The molecule has 16 heavy (non-hydrogen) atoms. The third-order valence-corrected chi connectivity index (χ3v) is 2.28. The van der Waals surface area contributed by atoms with E-state index in [9.17, 15) is 4.79 Å². The summed E-state index contributed by atoms with van der Waals surface area (Å²) in [6, 6.07) is 0. The number of carbonyl (C=O) groups is 1. The first-order valence-corrected chi connectivity index (χ1v) is 5.19. The minimum Gasteiger partial charge on any atom is -0.442 e. The summed E-state index contributed by atoms with van der Waals surface area (Å²) in [4.78, 5) is 11.8. The lowest BCUT2D eigenvalue weighted by molar-refractivity contribution is 0.0510. The zero-order valence-corrected chi connectivity index (χ0v) is 9.70. The number of hydrogen-bond donors (Lipinski definition) is 2. The molecule has 1 aromatic rings. The Labute approximate surface area is 93.8 Å². The highest BCUT2D eigenvalue weighted by Crippen LogP contribution is 2.22. The van der Waals surface area contributed by atoms with Gasteiger partial charge in [-0.05, 0) is 20.8 Å². The lowest BCUT2D eigenvalue weighted by Gasteiger charge is -2.19. The number of fused-ring (bicyclic) bond motifs is 1. The molecule has 6 nitrogen and oxygen atoms in total. The normalized spacial score (nSPS) is 14.9. The van der Waals surface area contributed by atoms with Gasteiger partial charge in [-0.1, -0.05) is 0 Å². The molecule has 6 heteroatoms. The van der Waals surface area contributed by atoms with Crippen molar-refractivity contribution in [3.05, 3.63) is 11.3 Å². The van der Waals surface area contributed by atoms with Crippen LogP contribution in [-0.4, -0.2) is 21.5 Å². The molecular weight excluding hydrogens is 208 g/mol. The maximum absolute atomic E-state index is 11.8. The number of anilines is 1. The first-order chi connectivity index (χ1) is 7.38. The maximum Gasteiger partial charge on any atom is 0.435 e. The van der Waals surface area contributed by atoms with E-state index in [0.29, 0.717) is 18.9 Å². The van der Waals surface area contributed by atoms with Crippen molar-refractivity contribution in [3.8, 4) is 0 Å². The fourth-order valence-electron chi connectivity index (χ4n) is 1.64. The number of rotatable bonds is 0.